The molecule has 2 aromatic rings. The van der Waals surface area contributed by atoms with Crippen molar-refractivity contribution >= 4 is 17.5 Å². The molecule has 7 heteroatoms. The Morgan fingerprint density at radius 1 is 1.07 bits per heavy atom. The summed E-state index contributed by atoms with van der Waals surface area (Å²) in [4.78, 5) is 33.3. The third-order valence-electron chi connectivity index (χ3n) is 5.07. The zero-order chi connectivity index (χ0) is 20.6. The van der Waals surface area contributed by atoms with Crippen LogP contribution in [0.2, 0.25) is 0 Å². The van der Waals surface area contributed by atoms with Gasteiger partial charge in [0.2, 0.25) is 0 Å². The van der Waals surface area contributed by atoms with Gasteiger partial charge in [-0.15, -0.1) is 0 Å². The molecule has 0 bridgehead atoms. The number of carbonyl (C=O) groups is 2. The van der Waals surface area contributed by atoms with Gasteiger partial charge in [-0.25, -0.2) is 0 Å². The standard InChI is InChI=1S/C22H28N4O3/c1-3-4-9-24-21(27)17-14-18(16-23-15-17)22(28)26-12-10-25(11-13-26)19-5-7-20(29-2)8-6-19/h5-8,14-16H,3-4,9-13H2,1-2H3,(H,24,27). The topological polar surface area (TPSA) is 74.8 Å². The number of anilines is 1. The maximum absolute atomic E-state index is 12.9. The second kappa shape index (κ2) is 9.91. The predicted octanol–water partition coefficient (Wildman–Crippen LogP) is 2.58. The Morgan fingerprint density at radius 3 is 2.41 bits per heavy atom. The van der Waals surface area contributed by atoms with Gasteiger partial charge in [0, 0.05) is 50.8 Å². The number of hydrogen-bond donors (Lipinski definition) is 1. The number of carbonyl (C=O) groups excluding carboxylic acids is 2. The van der Waals surface area contributed by atoms with E-state index in [1.54, 1.807) is 13.2 Å². The van der Waals surface area contributed by atoms with Crippen LogP contribution in [0.4, 0.5) is 5.69 Å². The summed E-state index contributed by atoms with van der Waals surface area (Å²) in [6.45, 7) is 5.45. The molecule has 0 spiro atoms. The highest BCUT2D eigenvalue weighted by molar-refractivity contribution is 5.99. The average molecular weight is 396 g/mol. The summed E-state index contributed by atoms with van der Waals surface area (Å²) in [5.41, 5.74) is 1.99. The third kappa shape index (κ3) is 5.25. The van der Waals surface area contributed by atoms with E-state index in [0.29, 0.717) is 30.8 Å². The van der Waals surface area contributed by atoms with Crippen molar-refractivity contribution in [3.63, 3.8) is 0 Å². The smallest absolute Gasteiger partial charge is 0.255 e. The number of aromatic nitrogens is 1. The molecule has 1 saturated heterocycles. The van der Waals surface area contributed by atoms with Crippen LogP contribution in [0.3, 0.4) is 0 Å². The molecule has 1 fully saturated rings. The van der Waals surface area contributed by atoms with Gasteiger partial charge < -0.3 is 19.9 Å². The van der Waals surface area contributed by atoms with E-state index in [-0.39, 0.29) is 11.8 Å². The predicted molar refractivity (Wildman–Crippen MR) is 113 cm³/mol. The number of unbranched alkanes of at least 4 members (excludes halogenated alkanes) is 1. The Bertz CT molecular complexity index is 830. The van der Waals surface area contributed by atoms with Gasteiger partial charge in [-0.3, -0.25) is 14.6 Å². The monoisotopic (exact) mass is 396 g/mol. The van der Waals surface area contributed by atoms with Gasteiger partial charge in [0.1, 0.15) is 5.75 Å². The fraction of sp³-hybridized carbons (Fsp3) is 0.409. The largest absolute Gasteiger partial charge is 0.497 e. The molecule has 2 heterocycles. The highest BCUT2D eigenvalue weighted by Crippen LogP contribution is 2.21. The number of benzene rings is 1. The molecule has 2 amide bonds. The van der Waals surface area contributed by atoms with Crippen molar-refractivity contribution in [2.75, 3.05) is 44.7 Å². The van der Waals surface area contributed by atoms with Crippen LogP contribution in [-0.4, -0.2) is 61.5 Å². The molecule has 154 valence electrons. The molecule has 0 saturated carbocycles. The first-order chi connectivity index (χ1) is 14.1. The van der Waals surface area contributed by atoms with Crippen LogP contribution in [0.25, 0.3) is 0 Å². The minimum Gasteiger partial charge on any atom is -0.497 e. The Labute approximate surface area is 171 Å². The van der Waals surface area contributed by atoms with Crippen LogP contribution >= 0.6 is 0 Å². The zero-order valence-corrected chi connectivity index (χ0v) is 17.1. The maximum atomic E-state index is 12.9. The molecule has 0 atom stereocenters. The van der Waals surface area contributed by atoms with Gasteiger partial charge in [-0.05, 0) is 36.8 Å². The molecule has 7 nitrogen and oxygen atoms in total. The number of hydrogen-bond acceptors (Lipinski definition) is 5. The molecule has 3 rings (SSSR count). The number of rotatable bonds is 7. The number of nitrogens with zero attached hydrogens (tertiary/aromatic N) is 3. The summed E-state index contributed by atoms with van der Waals surface area (Å²) in [5.74, 6) is 0.550. The molecule has 0 radical (unpaired) electrons. The maximum Gasteiger partial charge on any atom is 0.255 e. The Morgan fingerprint density at radius 2 is 1.76 bits per heavy atom. The summed E-state index contributed by atoms with van der Waals surface area (Å²) >= 11 is 0. The number of nitrogens with one attached hydrogen (secondary N) is 1. The van der Waals surface area contributed by atoms with E-state index in [0.717, 1.165) is 37.4 Å². The van der Waals surface area contributed by atoms with Crippen LogP contribution in [0.15, 0.2) is 42.7 Å². The quantitative estimate of drug-likeness (QED) is 0.728. The second-order valence-corrected chi connectivity index (χ2v) is 7.05. The first kappa shape index (κ1) is 20.6. The van der Waals surface area contributed by atoms with E-state index >= 15 is 0 Å². The van der Waals surface area contributed by atoms with Crippen molar-refractivity contribution in [2.24, 2.45) is 0 Å². The lowest BCUT2D eigenvalue weighted by Crippen LogP contribution is -2.48. The van der Waals surface area contributed by atoms with Crippen molar-refractivity contribution < 1.29 is 14.3 Å². The van der Waals surface area contributed by atoms with E-state index < -0.39 is 0 Å². The molecule has 0 unspecified atom stereocenters. The molecule has 1 aliphatic rings. The fourth-order valence-corrected chi connectivity index (χ4v) is 3.31. The highest BCUT2D eigenvalue weighted by Gasteiger charge is 2.23. The van der Waals surface area contributed by atoms with Crippen LogP contribution in [0.5, 0.6) is 5.75 Å². The minimum atomic E-state index is -0.190. The average Bonchev–Trinajstić information content (AvgIpc) is 2.79. The summed E-state index contributed by atoms with van der Waals surface area (Å²) in [6, 6.07) is 9.57. The van der Waals surface area contributed by atoms with Crippen molar-refractivity contribution in [1.29, 1.82) is 0 Å². The van der Waals surface area contributed by atoms with Crippen molar-refractivity contribution in [3.05, 3.63) is 53.9 Å². The van der Waals surface area contributed by atoms with Crippen molar-refractivity contribution in [3.8, 4) is 5.75 Å². The van der Waals surface area contributed by atoms with Gasteiger partial charge in [0.25, 0.3) is 11.8 Å². The van der Waals surface area contributed by atoms with Crippen LogP contribution in [-0.2, 0) is 0 Å². The van der Waals surface area contributed by atoms with Gasteiger partial charge in [0.15, 0.2) is 0 Å². The highest BCUT2D eigenvalue weighted by atomic mass is 16.5. The number of methoxy groups -OCH3 is 1. The molecule has 1 aliphatic heterocycles. The summed E-state index contributed by atoms with van der Waals surface area (Å²) in [6.07, 6.45) is 4.97. The lowest BCUT2D eigenvalue weighted by molar-refractivity contribution is 0.0746. The molecule has 1 N–H and O–H groups in total. The van der Waals surface area contributed by atoms with Gasteiger partial charge >= 0.3 is 0 Å². The first-order valence-corrected chi connectivity index (χ1v) is 10.0. The van der Waals surface area contributed by atoms with Crippen molar-refractivity contribution in [1.82, 2.24) is 15.2 Å². The molecule has 1 aromatic heterocycles. The second-order valence-electron chi connectivity index (χ2n) is 7.05. The lowest BCUT2D eigenvalue weighted by Gasteiger charge is -2.36. The number of ether oxygens (including phenoxy) is 1. The van der Waals surface area contributed by atoms with Gasteiger partial charge in [0.05, 0.1) is 18.2 Å². The van der Waals surface area contributed by atoms with Crippen LogP contribution in [0, 0.1) is 0 Å². The van der Waals surface area contributed by atoms with Gasteiger partial charge in [-0.1, -0.05) is 13.3 Å². The molecular formula is C22H28N4O3. The van der Waals surface area contributed by atoms with Crippen molar-refractivity contribution in [2.45, 2.75) is 19.8 Å². The number of amides is 2. The lowest BCUT2D eigenvalue weighted by atomic mass is 10.1. The molecule has 29 heavy (non-hydrogen) atoms. The zero-order valence-electron chi connectivity index (χ0n) is 17.1. The van der Waals surface area contributed by atoms with E-state index in [9.17, 15) is 9.59 Å². The molecule has 0 aliphatic carbocycles. The summed E-state index contributed by atoms with van der Waals surface area (Å²) < 4.78 is 5.20. The van der Waals surface area contributed by atoms with Crippen LogP contribution < -0.4 is 15.0 Å². The third-order valence-corrected chi connectivity index (χ3v) is 5.07. The van der Waals surface area contributed by atoms with E-state index in [2.05, 4.69) is 22.1 Å². The number of pyridine rings is 1. The first-order valence-electron chi connectivity index (χ1n) is 10.0. The SMILES string of the molecule is CCCCNC(=O)c1cncc(C(=O)N2CCN(c3ccc(OC)cc3)CC2)c1. The summed E-state index contributed by atoms with van der Waals surface area (Å²) in [7, 11) is 1.65. The van der Waals surface area contributed by atoms with Gasteiger partial charge in [-0.2, -0.15) is 0 Å². The van der Waals surface area contributed by atoms with Crippen LogP contribution in [0.1, 0.15) is 40.5 Å². The Hall–Kier alpha value is -3.09. The fourth-order valence-electron chi connectivity index (χ4n) is 3.31. The normalized spacial score (nSPS) is 13.9. The molecule has 1 aromatic carbocycles. The van der Waals surface area contributed by atoms with E-state index in [1.165, 1.54) is 12.4 Å². The summed E-state index contributed by atoms with van der Waals surface area (Å²) in [5, 5.41) is 2.86. The van der Waals surface area contributed by atoms with E-state index in [4.69, 9.17) is 4.74 Å². The Kier molecular flexibility index (Phi) is 7.05. The Balaban J connectivity index is 1.58. The minimum absolute atomic E-state index is 0.0879. The molecular weight excluding hydrogens is 368 g/mol. The number of piperazine rings is 1. The van der Waals surface area contributed by atoms with E-state index in [1.807, 2.05) is 29.2 Å².